The molecule has 1 rings (SSSR count). The molecule has 0 aliphatic heterocycles. The lowest BCUT2D eigenvalue weighted by Crippen LogP contribution is -2.06. The molecule has 1 aromatic rings. The Balaban J connectivity index is 2.56. The van der Waals surface area contributed by atoms with Gasteiger partial charge in [-0.1, -0.05) is 37.6 Å². The summed E-state index contributed by atoms with van der Waals surface area (Å²) in [5.74, 6) is 0.688. The normalized spacial score (nSPS) is 11.8. The van der Waals surface area contributed by atoms with Crippen LogP contribution in [0.5, 0.6) is 0 Å². The number of rotatable bonds is 7. The van der Waals surface area contributed by atoms with Crippen LogP contribution in [-0.2, 0) is 12.8 Å². The van der Waals surface area contributed by atoms with Crippen molar-refractivity contribution in [2.45, 2.75) is 53.9 Å². The van der Waals surface area contributed by atoms with Crippen molar-refractivity contribution in [2.24, 2.45) is 5.92 Å². The molecule has 0 aliphatic carbocycles. The van der Waals surface area contributed by atoms with Gasteiger partial charge in [-0.05, 0) is 62.3 Å². The number of hydrogen-bond donors (Lipinski definition) is 0. The van der Waals surface area contributed by atoms with Crippen molar-refractivity contribution in [1.82, 2.24) is 0 Å². The smallest absolute Gasteiger partial charge is 0.171 e. The molecule has 0 N–H and O–H groups in total. The van der Waals surface area contributed by atoms with Crippen LogP contribution in [0.1, 0.15) is 50.8 Å². The second-order valence-electron chi connectivity index (χ2n) is 6.46. The highest BCUT2D eigenvalue weighted by Gasteiger charge is 2.03. The Morgan fingerprint density at radius 3 is 2.57 bits per heavy atom. The van der Waals surface area contributed by atoms with Crippen molar-refractivity contribution in [3.63, 3.8) is 0 Å². The molecular formula is C19H29NO. The van der Waals surface area contributed by atoms with E-state index in [2.05, 4.69) is 39.0 Å². The van der Waals surface area contributed by atoms with Gasteiger partial charge in [-0.2, -0.15) is 0 Å². The van der Waals surface area contributed by atoms with Crippen molar-refractivity contribution in [1.29, 1.82) is 0 Å². The fourth-order valence-electron chi connectivity index (χ4n) is 2.35. The van der Waals surface area contributed by atoms with Gasteiger partial charge in [-0.25, -0.2) is 4.74 Å². The van der Waals surface area contributed by atoms with Gasteiger partial charge in [-0.3, -0.25) is 0 Å². The monoisotopic (exact) mass is 287 g/mol. The summed E-state index contributed by atoms with van der Waals surface area (Å²) in [6.07, 6.45) is 6.56. The van der Waals surface area contributed by atoms with E-state index in [4.69, 9.17) is 0 Å². The van der Waals surface area contributed by atoms with Crippen LogP contribution < -0.4 is 0 Å². The summed E-state index contributed by atoms with van der Waals surface area (Å²) >= 11 is 0. The lowest BCUT2D eigenvalue weighted by atomic mass is 9.97. The molecule has 116 valence electrons. The van der Waals surface area contributed by atoms with Gasteiger partial charge in [0.25, 0.3) is 0 Å². The predicted molar refractivity (Wildman–Crippen MR) is 92.0 cm³/mol. The zero-order valence-electron chi connectivity index (χ0n) is 14.1. The predicted octanol–water partition coefficient (Wildman–Crippen LogP) is 4.67. The summed E-state index contributed by atoms with van der Waals surface area (Å²) in [6.45, 7) is 11.1. The molecule has 0 spiro atoms. The first kappa shape index (κ1) is 17.5. The summed E-state index contributed by atoms with van der Waals surface area (Å²) in [6, 6.07) is 6.72. The van der Waals surface area contributed by atoms with Gasteiger partial charge in [0.2, 0.25) is 0 Å². The molecule has 0 aliphatic rings. The van der Waals surface area contributed by atoms with Crippen LogP contribution in [-0.4, -0.2) is 17.5 Å². The summed E-state index contributed by atoms with van der Waals surface area (Å²) in [5, 5.41) is 11.6. The summed E-state index contributed by atoms with van der Waals surface area (Å²) in [5.41, 5.74) is 5.27. The molecule has 0 amide bonds. The molecule has 1 aromatic carbocycles. The van der Waals surface area contributed by atoms with E-state index in [1.54, 1.807) is 6.21 Å². The fourth-order valence-corrected chi connectivity index (χ4v) is 2.35. The summed E-state index contributed by atoms with van der Waals surface area (Å²) < 4.78 is 1.02. The molecular weight excluding hydrogens is 258 g/mol. The highest BCUT2D eigenvalue weighted by molar-refractivity contribution is 5.52. The van der Waals surface area contributed by atoms with Crippen LogP contribution in [0, 0.1) is 18.0 Å². The largest absolute Gasteiger partial charge is 0.624 e. The SMILES string of the molecule is CC(C)=CC[N+]([O-])=CCCc1ccc(CC(C)C)cc1C. The maximum absolute atomic E-state index is 11.6. The van der Waals surface area contributed by atoms with Crippen molar-refractivity contribution in [2.75, 3.05) is 6.54 Å². The molecule has 0 heterocycles. The maximum Gasteiger partial charge on any atom is 0.171 e. The molecule has 0 unspecified atom stereocenters. The first-order chi connectivity index (χ1) is 9.88. The van der Waals surface area contributed by atoms with E-state index in [9.17, 15) is 5.21 Å². The zero-order chi connectivity index (χ0) is 15.8. The molecule has 21 heavy (non-hydrogen) atoms. The van der Waals surface area contributed by atoms with E-state index in [0.29, 0.717) is 12.5 Å². The minimum atomic E-state index is 0.453. The number of hydrogen-bond acceptors (Lipinski definition) is 1. The number of hydroxylamine groups is 1. The van der Waals surface area contributed by atoms with Crippen LogP contribution in [0.4, 0.5) is 0 Å². The second-order valence-corrected chi connectivity index (χ2v) is 6.46. The van der Waals surface area contributed by atoms with E-state index < -0.39 is 0 Å². The third kappa shape index (κ3) is 7.12. The second kappa shape index (κ2) is 8.66. The summed E-state index contributed by atoms with van der Waals surface area (Å²) in [7, 11) is 0. The van der Waals surface area contributed by atoms with Gasteiger partial charge in [-0.15, -0.1) is 0 Å². The van der Waals surface area contributed by atoms with Crippen LogP contribution in [0.2, 0.25) is 0 Å². The standard InChI is InChI=1S/C19H29NO/c1-15(2)10-12-20(21)11-6-7-19-9-8-18(13-16(3)4)14-17(19)5/h8-11,14,16H,6-7,12-13H2,1-5H3. The molecule has 2 nitrogen and oxygen atoms in total. The van der Waals surface area contributed by atoms with E-state index in [0.717, 1.165) is 24.0 Å². The van der Waals surface area contributed by atoms with Crippen molar-refractivity contribution in [3.8, 4) is 0 Å². The van der Waals surface area contributed by atoms with E-state index in [1.165, 1.54) is 22.3 Å². The van der Waals surface area contributed by atoms with Gasteiger partial charge < -0.3 is 5.21 Å². The Kier molecular flexibility index (Phi) is 7.21. The molecule has 0 radical (unpaired) electrons. The van der Waals surface area contributed by atoms with Crippen LogP contribution in [0.3, 0.4) is 0 Å². The lowest BCUT2D eigenvalue weighted by molar-refractivity contribution is -0.442. The van der Waals surface area contributed by atoms with Gasteiger partial charge in [0.15, 0.2) is 12.8 Å². The first-order valence-corrected chi connectivity index (χ1v) is 7.87. The molecule has 0 atom stereocenters. The minimum absolute atomic E-state index is 0.453. The number of allylic oxidation sites excluding steroid dienone is 1. The summed E-state index contributed by atoms with van der Waals surface area (Å²) in [4.78, 5) is 0. The molecule has 0 fully saturated rings. The lowest BCUT2D eigenvalue weighted by Gasteiger charge is -2.09. The number of nitrogens with zero attached hydrogens (tertiary/aromatic N) is 1. The van der Waals surface area contributed by atoms with E-state index in [1.807, 2.05) is 19.9 Å². The quantitative estimate of drug-likeness (QED) is 0.235. The average molecular weight is 287 g/mol. The van der Waals surface area contributed by atoms with Crippen LogP contribution >= 0.6 is 0 Å². The topological polar surface area (TPSA) is 26.1 Å². The third-order valence-corrected chi connectivity index (χ3v) is 3.48. The highest BCUT2D eigenvalue weighted by Crippen LogP contribution is 2.15. The Morgan fingerprint density at radius 2 is 2.00 bits per heavy atom. The number of benzene rings is 1. The molecule has 0 bridgehead atoms. The van der Waals surface area contributed by atoms with Crippen molar-refractivity contribution >= 4 is 6.21 Å². The molecule has 0 saturated carbocycles. The van der Waals surface area contributed by atoms with E-state index in [-0.39, 0.29) is 0 Å². The van der Waals surface area contributed by atoms with Gasteiger partial charge in [0.05, 0.1) is 0 Å². The van der Waals surface area contributed by atoms with Crippen molar-refractivity contribution < 1.29 is 4.74 Å². The van der Waals surface area contributed by atoms with Gasteiger partial charge in [0, 0.05) is 6.42 Å². The van der Waals surface area contributed by atoms with Gasteiger partial charge >= 0.3 is 0 Å². The minimum Gasteiger partial charge on any atom is -0.624 e. The first-order valence-electron chi connectivity index (χ1n) is 7.87. The maximum atomic E-state index is 11.6. The zero-order valence-corrected chi connectivity index (χ0v) is 14.1. The van der Waals surface area contributed by atoms with Gasteiger partial charge in [0.1, 0.15) is 0 Å². The Bertz CT molecular complexity index is 508. The molecule has 0 aromatic heterocycles. The Labute approximate surface area is 129 Å². The molecule has 2 heteroatoms. The van der Waals surface area contributed by atoms with Crippen LogP contribution in [0.15, 0.2) is 29.8 Å². The Hall–Kier alpha value is -1.57. The fraction of sp³-hybridized carbons (Fsp3) is 0.526. The molecule has 0 saturated heterocycles. The average Bonchev–Trinajstić information content (AvgIpc) is 2.38. The van der Waals surface area contributed by atoms with Crippen LogP contribution in [0.25, 0.3) is 0 Å². The number of aryl methyl sites for hydroxylation is 2. The third-order valence-electron chi connectivity index (χ3n) is 3.48. The van der Waals surface area contributed by atoms with E-state index >= 15 is 0 Å². The Morgan fingerprint density at radius 1 is 1.29 bits per heavy atom. The highest BCUT2D eigenvalue weighted by atomic mass is 16.5. The van der Waals surface area contributed by atoms with Crippen molar-refractivity contribution in [3.05, 3.63) is 51.7 Å².